The first-order valence-corrected chi connectivity index (χ1v) is 7.36. The van der Waals surface area contributed by atoms with Crippen molar-refractivity contribution in [1.29, 1.82) is 0 Å². The van der Waals surface area contributed by atoms with Gasteiger partial charge in [0.1, 0.15) is 21.8 Å². The first-order chi connectivity index (χ1) is 7.84. The summed E-state index contributed by atoms with van der Waals surface area (Å²) in [5.74, 6) is 0. The second-order valence-electron chi connectivity index (χ2n) is 4.61. The first-order valence-electron chi connectivity index (χ1n) is 5.46. The van der Waals surface area contributed by atoms with Crippen LogP contribution in [0.15, 0.2) is 27.2 Å². The van der Waals surface area contributed by atoms with Crippen LogP contribution in [-0.4, -0.2) is 20.0 Å². The summed E-state index contributed by atoms with van der Waals surface area (Å²) < 4.78 is 16.9. The van der Waals surface area contributed by atoms with Crippen molar-refractivity contribution in [3.05, 3.63) is 28.5 Å². The van der Waals surface area contributed by atoms with Gasteiger partial charge in [0.05, 0.1) is 5.69 Å². The summed E-state index contributed by atoms with van der Waals surface area (Å²) in [7, 11) is 0. The molecule has 0 spiro atoms. The van der Waals surface area contributed by atoms with Crippen molar-refractivity contribution in [3.63, 3.8) is 0 Å². The summed E-state index contributed by atoms with van der Waals surface area (Å²) in [6.07, 6.45) is 2.43. The van der Waals surface area contributed by atoms with E-state index in [1.54, 1.807) is 6.20 Å². The van der Waals surface area contributed by atoms with E-state index in [0.717, 1.165) is 15.9 Å². The summed E-state index contributed by atoms with van der Waals surface area (Å²) in [5, 5.41) is 0. The van der Waals surface area contributed by atoms with Gasteiger partial charge >= 0.3 is 0 Å². The summed E-state index contributed by atoms with van der Waals surface area (Å²) in [5.41, 5.74) is 1.55. The van der Waals surface area contributed by atoms with Gasteiger partial charge in [0.2, 0.25) is 0 Å². The summed E-state index contributed by atoms with van der Waals surface area (Å²) in [4.78, 5) is 4.25. The average Bonchev–Trinajstić information content (AvgIpc) is 2.24. The fourth-order valence-corrected chi connectivity index (χ4v) is 2.12. The van der Waals surface area contributed by atoms with E-state index < -0.39 is 11.4 Å². The van der Waals surface area contributed by atoms with Crippen LogP contribution in [-0.2, 0) is 11.4 Å². The van der Waals surface area contributed by atoms with Crippen molar-refractivity contribution >= 4 is 33.0 Å². The van der Waals surface area contributed by atoms with Gasteiger partial charge in [0.25, 0.3) is 0 Å². The van der Waals surface area contributed by atoms with Gasteiger partial charge in [-0.3, -0.25) is 4.98 Å². The van der Waals surface area contributed by atoms with E-state index in [9.17, 15) is 4.55 Å². The molecule has 0 saturated carbocycles. The lowest BCUT2D eigenvalue weighted by atomic mass is 10.2. The fourth-order valence-electron chi connectivity index (χ4n) is 1.09. The van der Waals surface area contributed by atoms with E-state index in [0.29, 0.717) is 6.42 Å². The molecule has 3 nitrogen and oxygen atoms in total. The molecule has 1 aromatic rings. The third-order valence-corrected chi connectivity index (χ3v) is 4.00. The normalized spacial score (nSPS) is 14.8. The molecule has 0 aromatic carbocycles. The number of halogens is 1. The van der Waals surface area contributed by atoms with Crippen molar-refractivity contribution in [2.24, 2.45) is 4.40 Å². The van der Waals surface area contributed by atoms with Crippen molar-refractivity contribution < 1.29 is 4.55 Å². The van der Waals surface area contributed by atoms with Gasteiger partial charge in [-0.05, 0) is 39.3 Å². The zero-order valence-electron chi connectivity index (χ0n) is 10.5. The summed E-state index contributed by atoms with van der Waals surface area (Å²) in [6, 6.07) is 3.75. The number of pyridine rings is 1. The van der Waals surface area contributed by atoms with Crippen molar-refractivity contribution in [3.8, 4) is 0 Å². The van der Waals surface area contributed by atoms with Crippen LogP contribution in [0.4, 0.5) is 0 Å². The average molecular weight is 317 g/mol. The molecule has 17 heavy (non-hydrogen) atoms. The maximum atomic E-state index is 12.0. The van der Waals surface area contributed by atoms with Crippen molar-refractivity contribution in [2.75, 3.05) is 0 Å². The van der Waals surface area contributed by atoms with Crippen LogP contribution in [0.3, 0.4) is 0 Å². The van der Waals surface area contributed by atoms with E-state index in [1.165, 1.54) is 0 Å². The quantitative estimate of drug-likeness (QED) is 0.633. The van der Waals surface area contributed by atoms with Crippen LogP contribution in [0.5, 0.6) is 0 Å². The molecule has 0 amide bonds. The zero-order valence-corrected chi connectivity index (χ0v) is 12.9. The Labute approximate surface area is 114 Å². The molecule has 0 aliphatic heterocycles. The second-order valence-corrected chi connectivity index (χ2v) is 7.43. The maximum Gasteiger partial charge on any atom is 0.144 e. The highest BCUT2D eigenvalue weighted by molar-refractivity contribution is 9.10. The molecular formula is C12H17BrN2OS. The molecule has 1 heterocycles. The third kappa shape index (κ3) is 4.41. The van der Waals surface area contributed by atoms with Crippen LogP contribution in [0, 0.1) is 0 Å². The second kappa shape index (κ2) is 5.98. The molecule has 0 radical (unpaired) electrons. The molecule has 94 valence electrons. The minimum Gasteiger partial charge on any atom is -0.591 e. The van der Waals surface area contributed by atoms with Gasteiger partial charge in [-0.1, -0.05) is 27.3 Å². The minimum absolute atomic E-state index is 0.341. The molecule has 1 aromatic heterocycles. The molecule has 0 unspecified atom stereocenters. The highest BCUT2D eigenvalue weighted by atomic mass is 79.9. The monoisotopic (exact) mass is 316 g/mol. The molecule has 0 N–H and O–H groups in total. The van der Waals surface area contributed by atoms with Gasteiger partial charge < -0.3 is 4.55 Å². The minimum atomic E-state index is -1.24. The smallest absolute Gasteiger partial charge is 0.144 e. The molecule has 0 fully saturated rings. The number of hydrogen-bond donors (Lipinski definition) is 0. The number of nitrogens with zero attached hydrogens (tertiary/aromatic N) is 2. The Morgan fingerprint density at radius 3 is 2.65 bits per heavy atom. The molecular weight excluding hydrogens is 300 g/mol. The van der Waals surface area contributed by atoms with E-state index in [2.05, 4.69) is 25.3 Å². The Balaban J connectivity index is 3.03. The Bertz CT molecular complexity index is 415. The standard InChI is InChI=1S/C12H17BrN2OS/c1-5-10(15-17(16)12(2,3)4)11-8-9(13)6-7-14-11/h6-8H,5H2,1-4H3/b15-10+/t17-/m1/s1. The maximum absolute atomic E-state index is 12.0. The lowest BCUT2D eigenvalue weighted by molar-refractivity contribution is 0.561. The molecule has 5 heteroatoms. The predicted molar refractivity (Wildman–Crippen MR) is 76.7 cm³/mol. The van der Waals surface area contributed by atoms with Crippen LogP contribution < -0.4 is 0 Å². The Morgan fingerprint density at radius 1 is 1.53 bits per heavy atom. The fraction of sp³-hybridized carbons (Fsp3) is 0.500. The molecule has 0 aliphatic carbocycles. The predicted octanol–water partition coefficient (Wildman–Crippen LogP) is 3.51. The van der Waals surface area contributed by atoms with Crippen LogP contribution >= 0.6 is 15.9 Å². The first kappa shape index (κ1) is 14.7. The van der Waals surface area contributed by atoms with E-state index >= 15 is 0 Å². The third-order valence-electron chi connectivity index (χ3n) is 2.07. The van der Waals surface area contributed by atoms with Gasteiger partial charge in [-0.15, -0.1) is 0 Å². The van der Waals surface area contributed by atoms with E-state index in [1.807, 2.05) is 39.8 Å². The van der Waals surface area contributed by atoms with Crippen LogP contribution in [0.1, 0.15) is 39.8 Å². The largest absolute Gasteiger partial charge is 0.591 e. The number of rotatable bonds is 3. The van der Waals surface area contributed by atoms with Crippen molar-refractivity contribution in [1.82, 2.24) is 4.98 Å². The van der Waals surface area contributed by atoms with Crippen LogP contribution in [0.25, 0.3) is 0 Å². The highest BCUT2D eigenvalue weighted by Crippen LogP contribution is 2.19. The molecule has 1 atom stereocenters. The topological polar surface area (TPSA) is 48.3 Å². The summed E-state index contributed by atoms with van der Waals surface area (Å²) >= 11 is 2.15. The molecule has 0 bridgehead atoms. The summed E-state index contributed by atoms with van der Waals surface area (Å²) in [6.45, 7) is 7.72. The van der Waals surface area contributed by atoms with E-state index in [4.69, 9.17) is 0 Å². The Hall–Kier alpha value is -0.390. The molecule has 1 rings (SSSR count). The lowest BCUT2D eigenvalue weighted by Gasteiger charge is -2.19. The zero-order chi connectivity index (χ0) is 13.1. The highest BCUT2D eigenvalue weighted by Gasteiger charge is 2.27. The lowest BCUT2D eigenvalue weighted by Crippen LogP contribution is -2.27. The molecule has 0 aliphatic rings. The van der Waals surface area contributed by atoms with Crippen molar-refractivity contribution in [2.45, 2.75) is 38.9 Å². The number of aromatic nitrogens is 1. The van der Waals surface area contributed by atoms with Crippen LogP contribution in [0.2, 0.25) is 0 Å². The SMILES string of the molecule is CC/C(=N\[S@+]([O-])C(C)(C)C)c1cc(Br)ccn1. The van der Waals surface area contributed by atoms with Gasteiger partial charge in [-0.25, -0.2) is 0 Å². The van der Waals surface area contributed by atoms with Gasteiger partial charge in [0, 0.05) is 10.7 Å². The number of hydrogen-bond acceptors (Lipinski definition) is 3. The van der Waals surface area contributed by atoms with Gasteiger partial charge in [0.15, 0.2) is 0 Å². The molecule has 0 saturated heterocycles. The van der Waals surface area contributed by atoms with Gasteiger partial charge in [-0.2, -0.15) is 0 Å². The van der Waals surface area contributed by atoms with E-state index in [-0.39, 0.29) is 4.75 Å². The Morgan fingerprint density at radius 2 is 2.18 bits per heavy atom. The Kier molecular flexibility index (Phi) is 5.16.